The molecule has 2 atom stereocenters. The van der Waals surface area contributed by atoms with Crippen molar-refractivity contribution in [3.8, 4) is 0 Å². The van der Waals surface area contributed by atoms with Crippen LogP contribution in [0, 0.1) is 0 Å². The number of aliphatic carboxylic acids is 2. The topological polar surface area (TPSA) is 127 Å². The van der Waals surface area contributed by atoms with Gasteiger partial charge in [0.25, 0.3) is 0 Å². The first-order valence-corrected chi connectivity index (χ1v) is 14.0. The first kappa shape index (κ1) is 40.4. The summed E-state index contributed by atoms with van der Waals surface area (Å²) in [4.78, 5) is 43.5. The summed E-state index contributed by atoms with van der Waals surface area (Å²) < 4.78 is 10.6. The van der Waals surface area contributed by atoms with Gasteiger partial charge in [-0.2, -0.15) is 0 Å². The Morgan fingerprint density at radius 1 is 0.568 bits per heavy atom. The Bertz CT molecular complexity index is 583. The van der Waals surface area contributed by atoms with Gasteiger partial charge in [-0.05, 0) is 57.8 Å². The van der Waals surface area contributed by atoms with Gasteiger partial charge in [0.15, 0.2) is 0 Å². The number of carbonyl (C=O) groups excluding carboxylic acids is 2. The van der Waals surface area contributed by atoms with Crippen molar-refractivity contribution >= 4 is 53.4 Å². The van der Waals surface area contributed by atoms with Crippen LogP contribution in [0.4, 0.5) is 0 Å². The van der Waals surface area contributed by atoms with Crippen molar-refractivity contribution in [3.63, 3.8) is 0 Å². The molecule has 2 unspecified atom stereocenters. The Morgan fingerprint density at radius 2 is 0.946 bits per heavy atom. The van der Waals surface area contributed by atoms with Gasteiger partial charge < -0.3 is 19.7 Å². The van der Waals surface area contributed by atoms with Crippen LogP contribution in [0.15, 0.2) is 0 Å². The molecule has 214 valence electrons. The van der Waals surface area contributed by atoms with E-state index in [-0.39, 0.29) is 66.5 Å². The summed E-state index contributed by atoms with van der Waals surface area (Å²) in [6, 6.07) is 0. The molecular formula is C28H53NaO8. The standard InChI is InChI=1S/C16H30O4.C12H22O4.Na.H/c1-3-5-7-10-14(11-9-12-15(17)18)20-16(19)13-8-6-4-2;1-3-4-5-7-11(16-10(2)13)8-6-9-12(14)15;;/h14H,3-13H2,1-2H3,(H,17,18);11H,3-9H2,1-2H3,(H,14,15);;. The zero-order valence-corrected chi connectivity index (χ0v) is 23.2. The Labute approximate surface area is 246 Å². The molecule has 0 saturated carbocycles. The van der Waals surface area contributed by atoms with Crippen molar-refractivity contribution in [2.24, 2.45) is 0 Å². The summed E-state index contributed by atoms with van der Waals surface area (Å²) in [6.07, 6.45) is 14.3. The molecule has 0 aromatic heterocycles. The van der Waals surface area contributed by atoms with Crippen LogP contribution < -0.4 is 0 Å². The molecule has 0 aromatic carbocycles. The van der Waals surface area contributed by atoms with Crippen molar-refractivity contribution in [2.45, 2.75) is 155 Å². The minimum absolute atomic E-state index is 0. The van der Waals surface area contributed by atoms with Gasteiger partial charge in [0.2, 0.25) is 0 Å². The van der Waals surface area contributed by atoms with Crippen molar-refractivity contribution in [1.29, 1.82) is 0 Å². The number of carbonyl (C=O) groups is 4. The van der Waals surface area contributed by atoms with Crippen LogP contribution in [-0.4, -0.2) is 75.9 Å². The number of unbranched alkanes of at least 4 members (excludes halogenated alkanes) is 6. The summed E-state index contributed by atoms with van der Waals surface area (Å²) in [5.41, 5.74) is 0. The van der Waals surface area contributed by atoms with Crippen LogP contribution in [0.1, 0.15) is 143 Å². The van der Waals surface area contributed by atoms with E-state index in [0.29, 0.717) is 32.1 Å². The molecule has 0 spiro atoms. The van der Waals surface area contributed by atoms with E-state index in [0.717, 1.165) is 70.6 Å². The van der Waals surface area contributed by atoms with Crippen LogP contribution in [-0.2, 0) is 28.7 Å². The number of ether oxygens (including phenoxy) is 2. The normalized spacial score (nSPS) is 11.8. The maximum absolute atomic E-state index is 11.7. The number of rotatable bonds is 22. The van der Waals surface area contributed by atoms with Crippen molar-refractivity contribution in [2.75, 3.05) is 0 Å². The molecule has 0 aromatic rings. The zero-order valence-electron chi connectivity index (χ0n) is 23.2. The summed E-state index contributed by atoms with van der Waals surface area (Å²) >= 11 is 0. The summed E-state index contributed by atoms with van der Waals surface area (Å²) in [5.74, 6) is -1.99. The molecular weight excluding hydrogens is 487 g/mol. The van der Waals surface area contributed by atoms with Gasteiger partial charge >= 0.3 is 53.4 Å². The Balaban J connectivity index is -0.000000623. The predicted octanol–water partition coefficient (Wildman–Crippen LogP) is 6.42. The third kappa shape index (κ3) is 32.9. The molecule has 0 amide bonds. The molecule has 2 N–H and O–H groups in total. The van der Waals surface area contributed by atoms with Crippen molar-refractivity contribution in [1.82, 2.24) is 0 Å². The van der Waals surface area contributed by atoms with Gasteiger partial charge in [-0.1, -0.05) is 59.3 Å². The fourth-order valence-electron chi connectivity index (χ4n) is 3.73. The van der Waals surface area contributed by atoms with Gasteiger partial charge in [0.05, 0.1) is 0 Å². The monoisotopic (exact) mass is 540 g/mol. The second kappa shape index (κ2) is 29.4. The molecule has 0 fully saturated rings. The number of hydrogen-bond donors (Lipinski definition) is 2. The average molecular weight is 541 g/mol. The van der Waals surface area contributed by atoms with Crippen LogP contribution in [0.3, 0.4) is 0 Å². The molecule has 0 radical (unpaired) electrons. The molecule has 0 rings (SSSR count). The van der Waals surface area contributed by atoms with Crippen LogP contribution in [0.25, 0.3) is 0 Å². The summed E-state index contributed by atoms with van der Waals surface area (Å²) in [7, 11) is 0. The van der Waals surface area contributed by atoms with E-state index in [1.54, 1.807) is 0 Å². The fourth-order valence-corrected chi connectivity index (χ4v) is 3.73. The van der Waals surface area contributed by atoms with E-state index in [1.807, 2.05) is 0 Å². The Morgan fingerprint density at radius 3 is 1.32 bits per heavy atom. The van der Waals surface area contributed by atoms with E-state index >= 15 is 0 Å². The predicted molar refractivity (Wildman–Crippen MR) is 148 cm³/mol. The molecule has 37 heavy (non-hydrogen) atoms. The molecule has 9 heteroatoms. The van der Waals surface area contributed by atoms with E-state index in [2.05, 4.69) is 20.8 Å². The second-order valence-corrected chi connectivity index (χ2v) is 9.36. The molecule has 0 aliphatic rings. The van der Waals surface area contributed by atoms with Gasteiger partial charge in [0.1, 0.15) is 12.2 Å². The number of carboxylic acid groups (broad SMARTS) is 2. The van der Waals surface area contributed by atoms with E-state index in [1.165, 1.54) is 6.92 Å². The molecule has 0 saturated heterocycles. The van der Waals surface area contributed by atoms with E-state index in [9.17, 15) is 19.2 Å². The average Bonchev–Trinajstić information content (AvgIpc) is 2.79. The third-order valence-electron chi connectivity index (χ3n) is 5.71. The SMILES string of the molecule is CCCCCC(=O)OC(CCCCC)CCCC(=O)O.CCCCCC(CCCC(=O)O)OC(C)=O.[NaH]. The summed E-state index contributed by atoms with van der Waals surface area (Å²) in [6.45, 7) is 7.75. The van der Waals surface area contributed by atoms with Gasteiger partial charge in [-0.25, -0.2) is 0 Å². The Hall–Kier alpha value is -1.12. The molecule has 8 nitrogen and oxygen atoms in total. The number of esters is 2. The van der Waals surface area contributed by atoms with Gasteiger partial charge in [-0.15, -0.1) is 0 Å². The third-order valence-corrected chi connectivity index (χ3v) is 5.71. The summed E-state index contributed by atoms with van der Waals surface area (Å²) in [5, 5.41) is 17.2. The molecule has 0 heterocycles. The van der Waals surface area contributed by atoms with Crippen LogP contribution in [0.5, 0.6) is 0 Å². The number of hydrogen-bond acceptors (Lipinski definition) is 6. The maximum atomic E-state index is 11.7. The fraction of sp³-hybridized carbons (Fsp3) is 0.857. The first-order chi connectivity index (χ1) is 17.2. The van der Waals surface area contributed by atoms with E-state index < -0.39 is 11.9 Å². The van der Waals surface area contributed by atoms with Gasteiger partial charge in [0, 0.05) is 26.2 Å². The van der Waals surface area contributed by atoms with Crippen molar-refractivity contribution in [3.05, 3.63) is 0 Å². The zero-order chi connectivity index (χ0) is 27.6. The quantitative estimate of drug-likeness (QED) is 0.0915. The second-order valence-electron chi connectivity index (χ2n) is 9.36. The molecule has 0 aliphatic carbocycles. The molecule has 0 bridgehead atoms. The van der Waals surface area contributed by atoms with E-state index in [4.69, 9.17) is 19.7 Å². The van der Waals surface area contributed by atoms with Gasteiger partial charge in [-0.3, -0.25) is 19.2 Å². The van der Waals surface area contributed by atoms with Crippen LogP contribution in [0.2, 0.25) is 0 Å². The number of carboxylic acids is 2. The van der Waals surface area contributed by atoms with Crippen LogP contribution >= 0.6 is 0 Å². The van der Waals surface area contributed by atoms with Crippen molar-refractivity contribution < 1.29 is 38.9 Å². The molecule has 0 aliphatic heterocycles. The minimum atomic E-state index is -0.796. The Kier molecular flexibility index (Phi) is 32.1. The first-order valence-electron chi connectivity index (χ1n) is 14.0.